The number of urea groups is 1. The number of amides is 3. The van der Waals surface area contributed by atoms with Crippen LogP contribution in [0, 0.1) is 0 Å². The molecule has 6 heteroatoms. The van der Waals surface area contributed by atoms with E-state index in [-0.39, 0.29) is 12.5 Å². The van der Waals surface area contributed by atoms with Crippen molar-refractivity contribution in [3.63, 3.8) is 0 Å². The lowest BCUT2D eigenvalue weighted by molar-refractivity contribution is -0.132. The van der Waals surface area contributed by atoms with Gasteiger partial charge in [0.15, 0.2) is 0 Å². The summed E-state index contributed by atoms with van der Waals surface area (Å²) in [4.78, 5) is 24.7. The first kappa shape index (κ1) is 15.9. The maximum atomic E-state index is 11.6. The number of β-amino-alcohol motifs (C(OH)–C–C–N with tert-alkyl or cyclic N) is 1. The van der Waals surface area contributed by atoms with Crippen LogP contribution in [-0.2, 0) is 4.79 Å². The van der Waals surface area contributed by atoms with Crippen molar-refractivity contribution in [2.45, 2.75) is 45.1 Å². The lowest BCUT2D eigenvalue weighted by atomic mass is 9.89. The first-order chi connectivity index (χ1) is 8.99. The fraction of sp³-hybridized carbons (Fsp3) is 0.846. The second kappa shape index (κ2) is 7.45. The summed E-state index contributed by atoms with van der Waals surface area (Å²) in [6.45, 7) is 5.81. The van der Waals surface area contributed by atoms with Crippen LogP contribution in [0.15, 0.2) is 0 Å². The smallest absolute Gasteiger partial charge is 0.321 e. The minimum absolute atomic E-state index is 0.160. The van der Waals surface area contributed by atoms with E-state index in [4.69, 9.17) is 0 Å². The predicted molar refractivity (Wildman–Crippen MR) is 72.7 cm³/mol. The second-order valence-corrected chi connectivity index (χ2v) is 5.28. The van der Waals surface area contributed by atoms with Crippen LogP contribution in [0.2, 0.25) is 0 Å². The lowest BCUT2D eigenvalue weighted by Crippen LogP contribution is -2.63. The van der Waals surface area contributed by atoms with Gasteiger partial charge in [0.1, 0.15) is 0 Å². The lowest BCUT2D eigenvalue weighted by Gasteiger charge is -2.46. The van der Waals surface area contributed by atoms with Gasteiger partial charge in [-0.3, -0.25) is 15.0 Å². The highest BCUT2D eigenvalue weighted by Gasteiger charge is 2.40. The minimum atomic E-state index is -0.640. The topological polar surface area (TPSA) is 81.7 Å². The zero-order valence-electron chi connectivity index (χ0n) is 11.9. The average molecular weight is 271 g/mol. The number of hydrogen-bond donors (Lipinski definition) is 3. The van der Waals surface area contributed by atoms with Gasteiger partial charge in [-0.25, -0.2) is 4.79 Å². The largest absolute Gasteiger partial charge is 0.387 e. The molecule has 0 aromatic heterocycles. The van der Waals surface area contributed by atoms with Gasteiger partial charge in [-0.1, -0.05) is 26.7 Å². The van der Waals surface area contributed by atoms with Crippen molar-refractivity contribution in [3.8, 4) is 0 Å². The Balaban J connectivity index is 2.14. The molecule has 0 bridgehead atoms. The molecular weight excluding hydrogens is 246 g/mol. The van der Waals surface area contributed by atoms with Crippen molar-refractivity contribution in [1.82, 2.24) is 15.5 Å². The number of nitrogens with zero attached hydrogens (tertiary/aromatic N) is 1. The number of carbonyl (C=O) groups excluding carboxylic acids is 2. The van der Waals surface area contributed by atoms with Crippen LogP contribution in [0.1, 0.15) is 39.5 Å². The van der Waals surface area contributed by atoms with Crippen LogP contribution in [-0.4, -0.2) is 53.7 Å². The summed E-state index contributed by atoms with van der Waals surface area (Å²) in [5, 5.41) is 14.9. The standard InChI is InChI=1S/C13H25N3O3/c1-3-5-7-14-12(18)15-11(17)8-16-9-13(19,10-16)6-4-2/h19H,3-10H2,1-2H3,(H2,14,15,17,18). The molecule has 1 aliphatic rings. The van der Waals surface area contributed by atoms with Gasteiger partial charge in [-0.15, -0.1) is 0 Å². The van der Waals surface area contributed by atoms with Gasteiger partial charge in [-0.05, 0) is 12.8 Å². The van der Waals surface area contributed by atoms with Gasteiger partial charge < -0.3 is 10.4 Å². The van der Waals surface area contributed by atoms with Crippen LogP contribution in [0.25, 0.3) is 0 Å². The third-order valence-corrected chi connectivity index (χ3v) is 3.19. The van der Waals surface area contributed by atoms with Crippen LogP contribution in [0.3, 0.4) is 0 Å². The molecule has 1 rings (SSSR count). The maximum absolute atomic E-state index is 11.6. The molecule has 6 nitrogen and oxygen atoms in total. The molecule has 0 radical (unpaired) electrons. The van der Waals surface area contributed by atoms with Gasteiger partial charge in [0.25, 0.3) is 0 Å². The van der Waals surface area contributed by atoms with E-state index in [1.165, 1.54) is 0 Å². The van der Waals surface area contributed by atoms with E-state index >= 15 is 0 Å². The molecule has 1 fully saturated rings. The number of aliphatic hydroxyl groups is 1. The number of hydrogen-bond acceptors (Lipinski definition) is 4. The molecular formula is C13H25N3O3. The fourth-order valence-electron chi connectivity index (χ4n) is 2.31. The molecule has 0 aliphatic carbocycles. The number of rotatable bonds is 7. The van der Waals surface area contributed by atoms with Crippen LogP contribution < -0.4 is 10.6 Å². The van der Waals surface area contributed by atoms with E-state index in [2.05, 4.69) is 10.6 Å². The normalized spacial score (nSPS) is 17.6. The zero-order valence-corrected chi connectivity index (χ0v) is 11.9. The van der Waals surface area contributed by atoms with E-state index in [1.54, 1.807) is 0 Å². The Kier molecular flexibility index (Phi) is 6.24. The molecule has 0 atom stereocenters. The zero-order chi connectivity index (χ0) is 14.3. The summed E-state index contributed by atoms with van der Waals surface area (Å²) in [7, 11) is 0. The second-order valence-electron chi connectivity index (χ2n) is 5.28. The Morgan fingerprint density at radius 2 is 1.95 bits per heavy atom. The van der Waals surface area contributed by atoms with E-state index in [0.29, 0.717) is 19.6 Å². The first-order valence-corrected chi connectivity index (χ1v) is 7.01. The maximum Gasteiger partial charge on any atom is 0.321 e. The van der Waals surface area contributed by atoms with Gasteiger partial charge in [-0.2, -0.15) is 0 Å². The molecule has 3 N–H and O–H groups in total. The van der Waals surface area contributed by atoms with Crippen molar-refractivity contribution in [1.29, 1.82) is 0 Å². The Morgan fingerprint density at radius 3 is 2.53 bits per heavy atom. The molecule has 19 heavy (non-hydrogen) atoms. The number of carbonyl (C=O) groups is 2. The summed E-state index contributed by atoms with van der Waals surface area (Å²) >= 11 is 0. The van der Waals surface area contributed by atoms with Crippen molar-refractivity contribution in [2.24, 2.45) is 0 Å². The first-order valence-electron chi connectivity index (χ1n) is 7.01. The Labute approximate surface area is 114 Å². The van der Waals surface area contributed by atoms with Crippen LogP contribution in [0.5, 0.6) is 0 Å². The fourth-order valence-corrected chi connectivity index (χ4v) is 2.31. The van der Waals surface area contributed by atoms with Gasteiger partial charge in [0.2, 0.25) is 5.91 Å². The van der Waals surface area contributed by atoms with Gasteiger partial charge in [0, 0.05) is 19.6 Å². The summed E-state index contributed by atoms with van der Waals surface area (Å²) in [5.74, 6) is -0.326. The van der Waals surface area contributed by atoms with E-state index < -0.39 is 11.6 Å². The quantitative estimate of drug-likeness (QED) is 0.588. The Hall–Kier alpha value is -1.14. The summed E-state index contributed by atoms with van der Waals surface area (Å²) < 4.78 is 0. The molecule has 0 aromatic carbocycles. The number of unbranched alkanes of at least 4 members (excludes halogenated alkanes) is 1. The van der Waals surface area contributed by atoms with Crippen molar-refractivity contribution >= 4 is 11.9 Å². The third-order valence-electron chi connectivity index (χ3n) is 3.19. The average Bonchev–Trinajstić information content (AvgIpc) is 2.27. The molecule has 0 aromatic rings. The molecule has 0 spiro atoms. The van der Waals surface area contributed by atoms with E-state index in [1.807, 2.05) is 18.7 Å². The highest BCUT2D eigenvalue weighted by molar-refractivity contribution is 5.95. The van der Waals surface area contributed by atoms with E-state index in [9.17, 15) is 14.7 Å². The number of imide groups is 1. The third kappa shape index (κ3) is 5.57. The molecule has 110 valence electrons. The summed E-state index contributed by atoms with van der Waals surface area (Å²) in [5.41, 5.74) is -0.640. The molecule has 1 heterocycles. The Bertz CT molecular complexity index is 314. The number of likely N-dealkylation sites (tertiary alicyclic amines) is 1. The molecule has 0 unspecified atom stereocenters. The van der Waals surface area contributed by atoms with Crippen molar-refractivity contribution in [2.75, 3.05) is 26.2 Å². The van der Waals surface area contributed by atoms with E-state index in [0.717, 1.165) is 25.7 Å². The molecule has 1 saturated heterocycles. The van der Waals surface area contributed by atoms with Crippen molar-refractivity contribution in [3.05, 3.63) is 0 Å². The van der Waals surface area contributed by atoms with Crippen LogP contribution in [0.4, 0.5) is 4.79 Å². The highest BCUT2D eigenvalue weighted by Crippen LogP contribution is 2.24. The number of nitrogens with one attached hydrogen (secondary N) is 2. The van der Waals surface area contributed by atoms with Crippen molar-refractivity contribution < 1.29 is 14.7 Å². The summed E-state index contributed by atoms with van der Waals surface area (Å²) in [6, 6.07) is -0.442. The van der Waals surface area contributed by atoms with Gasteiger partial charge in [0.05, 0.1) is 12.1 Å². The molecule has 0 saturated carbocycles. The van der Waals surface area contributed by atoms with Crippen LogP contribution >= 0.6 is 0 Å². The highest BCUT2D eigenvalue weighted by atomic mass is 16.3. The monoisotopic (exact) mass is 271 g/mol. The predicted octanol–water partition coefficient (Wildman–Crippen LogP) is 0.459. The molecule has 3 amide bonds. The summed E-state index contributed by atoms with van der Waals surface area (Å²) in [6.07, 6.45) is 3.58. The minimum Gasteiger partial charge on any atom is -0.387 e. The Morgan fingerprint density at radius 1 is 1.26 bits per heavy atom. The SMILES string of the molecule is CCCCNC(=O)NC(=O)CN1CC(O)(CCC)C1. The van der Waals surface area contributed by atoms with Gasteiger partial charge >= 0.3 is 6.03 Å². The molecule has 1 aliphatic heterocycles.